The van der Waals surface area contributed by atoms with E-state index in [0.717, 1.165) is 44.8 Å². The summed E-state index contributed by atoms with van der Waals surface area (Å²) < 4.78 is 5.26. The molecule has 1 aromatic carbocycles. The van der Waals surface area contributed by atoms with Crippen molar-refractivity contribution in [2.24, 2.45) is 4.99 Å². The van der Waals surface area contributed by atoms with Crippen LogP contribution in [0.4, 0.5) is 5.69 Å². The molecule has 1 unspecified atom stereocenters. The zero-order valence-electron chi connectivity index (χ0n) is 18.9. The lowest BCUT2D eigenvalue weighted by Gasteiger charge is -2.23. The third-order valence-corrected chi connectivity index (χ3v) is 5.84. The fourth-order valence-corrected chi connectivity index (χ4v) is 3.99. The number of halogens is 1. The molecule has 1 saturated heterocycles. The Hall–Kier alpha value is -1.06. The van der Waals surface area contributed by atoms with E-state index in [1.165, 1.54) is 50.0 Å². The second kappa shape index (κ2) is 13.4. The van der Waals surface area contributed by atoms with Crippen LogP contribution in [0.5, 0.6) is 0 Å². The second-order valence-corrected chi connectivity index (χ2v) is 8.18. The number of ether oxygens (including phenoxy) is 1. The molecular formula is C23H40IN5O. The van der Waals surface area contributed by atoms with Crippen LogP contribution < -0.4 is 15.5 Å². The Morgan fingerprint density at radius 1 is 1.27 bits per heavy atom. The summed E-state index contributed by atoms with van der Waals surface area (Å²) in [6.45, 7) is 11.1. The third kappa shape index (κ3) is 7.89. The number of rotatable bonds is 11. The van der Waals surface area contributed by atoms with Crippen molar-refractivity contribution < 1.29 is 4.74 Å². The van der Waals surface area contributed by atoms with Crippen molar-refractivity contribution in [2.75, 3.05) is 57.9 Å². The van der Waals surface area contributed by atoms with Gasteiger partial charge in [0.15, 0.2) is 5.96 Å². The van der Waals surface area contributed by atoms with Crippen molar-refractivity contribution in [1.29, 1.82) is 0 Å². The normalized spacial score (nSPS) is 17.7. The smallest absolute Gasteiger partial charge is 0.191 e. The number of guanidine groups is 1. The monoisotopic (exact) mass is 529 g/mol. The van der Waals surface area contributed by atoms with Gasteiger partial charge in [-0.1, -0.05) is 12.1 Å². The highest BCUT2D eigenvalue weighted by Crippen LogP contribution is 2.26. The van der Waals surface area contributed by atoms with Crippen LogP contribution in [0.3, 0.4) is 0 Å². The maximum atomic E-state index is 5.26. The number of nitrogens with one attached hydrogen (secondary N) is 2. The van der Waals surface area contributed by atoms with Crippen LogP contribution in [0.15, 0.2) is 29.3 Å². The summed E-state index contributed by atoms with van der Waals surface area (Å²) in [4.78, 5) is 9.84. The van der Waals surface area contributed by atoms with Crippen LogP contribution in [0, 0.1) is 0 Å². The van der Waals surface area contributed by atoms with E-state index in [-0.39, 0.29) is 30.0 Å². The SMILES string of the molecule is CCNC(=NCCN(CCOC)C1CC1)NC(C)c1cccc(N2CCCC2)c1.I. The van der Waals surface area contributed by atoms with Crippen LogP contribution in [0.2, 0.25) is 0 Å². The average Bonchev–Trinajstić information content (AvgIpc) is 3.43. The molecule has 2 aliphatic rings. The minimum absolute atomic E-state index is 0. The van der Waals surface area contributed by atoms with Gasteiger partial charge in [-0.3, -0.25) is 9.89 Å². The molecule has 0 spiro atoms. The molecule has 0 amide bonds. The van der Waals surface area contributed by atoms with E-state index in [0.29, 0.717) is 0 Å². The van der Waals surface area contributed by atoms with E-state index >= 15 is 0 Å². The van der Waals surface area contributed by atoms with E-state index in [4.69, 9.17) is 9.73 Å². The maximum Gasteiger partial charge on any atom is 0.191 e. The molecule has 0 aromatic heterocycles. The van der Waals surface area contributed by atoms with Crippen molar-refractivity contribution in [3.8, 4) is 0 Å². The summed E-state index contributed by atoms with van der Waals surface area (Å²) in [7, 11) is 1.77. The highest BCUT2D eigenvalue weighted by Gasteiger charge is 2.28. The lowest BCUT2D eigenvalue weighted by atomic mass is 10.1. The molecule has 1 aliphatic carbocycles. The van der Waals surface area contributed by atoms with Crippen molar-refractivity contribution in [1.82, 2.24) is 15.5 Å². The van der Waals surface area contributed by atoms with Crippen LogP contribution in [0.25, 0.3) is 0 Å². The number of methoxy groups -OCH3 is 1. The highest BCUT2D eigenvalue weighted by atomic mass is 127. The molecule has 1 atom stereocenters. The molecule has 2 N–H and O–H groups in total. The molecular weight excluding hydrogens is 489 g/mol. The van der Waals surface area contributed by atoms with Gasteiger partial charge in [-0.15, -0.1) is 24.0 Å². The van der Waals surface area contributed by atoms with E-state index in [1.54, 1.807) is 7.11 Å². The first-order chi connectivity index (χ1) is 14.2. The van der Waals surface area contributed by atoms with E-state index in [1.807, 2.05) is 0 Å². The molecule has 0 radical (unpaired) electrons. The molecule has 7 heteroatoms. The average molecular weight is 530 g/mol. The Bertz CT molecular complexity index is 646. The molecule has 2 fully saturated rings. The van der Waals surface area contributed by atoms with E-state index < -0.39 is 0 Å². The number of hydrogen-bond donors (Lipinski definition) is 2. The van der Waals surface area contributed by atoms with E-state index in [9.17, 15) is 0 Å². The third-order valence-electron chi connectivity index (χ3n) is 5.84. The molecule has 1 saturated carbocycles. The molecule has 170 valence electrons. The summed E-state index contributed by atoms with van der Waals surface area (Å²) in [5, 5.41) is 6.99. The van der Waals surface area contributed by atoms with Crippen molar-refractivity contribution in [3.05, 3.63) is 29.8 Å². The summed E-state index contributed by atoms with van der Waals surface area (Å²) in [6, 6.07) is 9.89. The lowest BCUT2D eigenvalue weighted by Crippen LogP contribution is -2.39. The Balaban J connectivity index is 0.00000320. The number of aliphatic imine (C=N–C) groups is 1. The standard InChI is InChI=1S/C23H39N5O.HI/c1-4-24-23(25-12-15-28(16-17-29-3)21-10-11-21)26-19(2)20-8-7-9-22(18-20)27-13-5-6-14-27;/h7-9,18-19,21H,4-6,10-17H2,1-3H3,(H2,24,25,26);1H. The first-order valence-electron chi connectivity index (χ1n) is 11.3. The second-order valence-electron chi connectivity index (χ2n) is 8.18. The van der Waals surface area contributed by atoms with Gasteiger partial charge < -0.3 is 20.3 Å². The molecule has 6 nitrogen and oxygen atoms in total. The zero-order chi connectivity index (χ0) is 20.5. The summed E-state index contributed by atoms with van der Waals surface area (Å²) in [5.41, 5.74) is 2.65. The largest absolute Gasteiger partial charge is 0.383 e. The highest BCUT2D eigenvalue weighted by molar-refractivity contribution is 14.0. The van der Waals surface area contributed by atoms with Gasteiger partial charge in [0.2, 0.25) is 0 Å². The first kappa shape index (κ1) is 25.2. The molecule has 30 heavy (non-hydrogen) atoms. The van der Waals surface area contributed by atoms with E-state index in [2.05, 4.69) is 58.5 Å². The van der Waals surface area contributed by atoms with Crippen LogP contribution in [-0.2, 0) is 4.74 Å². The molecule has 0 bridgehead atoms. The van der Waals surface area contributed by atoms with Gasteiger partial charge in [-0.2, -0.15) is 0 Å². The van der Waals surface area contributed by atoms with Gasteiger partial charge in [0, 0.05) is 51.6 Å². The zero-order valence-corrected chi connectivity index (χ0v) is 21.2. The van der Waals surface area contributed by atoms with Crippen LogP contribution in [0.1, 0.15) is 51.1 Å². The lowest BCUT2D eigenvalue weighted by molar-refractivity contribution is 0.145. The number of hydrogen-bond acceptors (Lipinski definition) is 4. The molecule has 1 heterocycles. The molecule has 1 aromatic rings. The number of anilines is 1. The Morgan fingerprint density at radius 3 is 2.70 bits per heavy atom. The Labute approximate surface area is 199 Å². The Morgan fingerprint density at radius 2 is 2.03 bits per heavy atom. The van der Waals surface area contributed by atoms with Crippen molar-refractivity contribution in [2.45, 2.75) is 51.6 Å². The molecule has 3 rings (SSSR count). The quantitative estimate of drug-likeness (QED) is 0.261. The van der Waals surface area contributed by atoms with Gasteiger partial charge in [-0.05, 0) is 57.2 Å². The minimum atomic E-state index is 0. The van der Waals surface area contributed by atoms with Gasteiger partial charge in [0.1, 0.15) is 0 Å². The van der Waals surface area contributed by atoms with Gasteiger partial charge in [0.05, 0.1) is 19.2 Å². The molecule has 1 aliphatic heterocycles. The summed E-state index contributed by atoms with van der Waals surface area (Å²) in [5.74, 6) is 0.897. The van der Waals surface area contributed by atoms with Crippen LogP contribution in [-0.4, -0.2) is 69.9 Å². The summed E-state index contributed by atoms with van der Waals surface area (Å²) in [6.07, 6.45) is 5.24. The first-order valence-corrected chi connectivity index (χ1v) is 11.3. The van der Waals surface area contributed by atoms with Crippen molar-refractivity contribution in [3.63, 3.8) is 0 Å². The minimum Gasteiger partial charge on any atom is -0.383 e. The Kier molecular flexibility index (Phi) is 11.2. The predicted molar refractivity (Wildman–Crippen MR) is 137 cm³/mol. The van der Waals surface area contributed by atoms with Gasteiger partial charge >= 0.3 is 0 Å². The fourth-order valence-electron chi connectivity index (χ4n) is 3.99. The van der Waals surface area contributed by atoms with Gasteiger partial charge in [-0.25, -0.2) is 0 Å². The summed E-state index contributed by atoms with van der Waals surface area (Å²) >= 11 is 0. The number of nitrogens with zero attached hydrogens (tertiary/aromatic N) is 3. The van der Waals surface area contributed by atoms with Crippen LogP contribution >= 0.6 is 24.0 Å². The maximum absolute atomic E-state index is 5.26. The fraction of sp³-hybridized carbons (Fsp3) is 0.696. The predicted octanol–water partition coefficient (Wildman–Crippen LogP) is 3.63. The topological polar surface area (TPSA) is 52.1 Å². The number of benzene rings is 1. The van der Waals surface area contributed by atoms with Crippen molar-refractivity contribution >= 4 is 35.6 Å². The van der Waals surface area contributed by atoms with Gasteiger partial charge in [0.25, 0.3) is 0 Å².